The van der Waals surface area contributed by atoms with Crippen LogP contribution in [0.25, 0.3) is 66.4 Å². The van der Waals surface area contributed by atoms with Gasteiger partial charge in [-0.05, 0) is 47.2 Å². The molecule has 4 heteroatoms. The molecule has 0 radical (unpaired) electrons. The zero-order chi connectivity index (χ0) is 25.5. The van der Waals surface area contributed by atoms with Gasteiger partial charge in [0.2, 0.25) is 0 Å². The van der Waals surface area contributed by atoms with E-state index in [1.165, 1.54) is 21.5 Å². The molecule has 0 saturated carbocycles. The van der Waals surface area contributed by atoms with Crippen molar-refractivity contribution in [1.29, 1.82) is 0 Å². The molecule has 0 aliphatic carbocycles. The predicted molar refractivity (Wildman–Crippen MR) is 158 cm³/mol. The van der Waals surface area contributed by atoms with Crippen LogP contribution in [0, 0.1) is 0 Å². The highest BCUT2D eigenvalue weighted by atomic mass is 16.5. The molecule has 6 aromatic carbocycles. The fourth-order valence-corrected chi connectivity index (χ4v) is 6.27. The lowest BCUT2D eigenvalue weighted by atomic mass is 10.0. The molecule has 0 unspecified atom stereocenters. The van der Waals surface area contributed by atoms with Gasteiger partial charge >= 0.3 is 0 Å². The quantitative estimate of drug-likeness (QED) is 0.238. The fourth-order valence-electron chi connectivity index (χ4n) is 6.27. The molecule has 0 bridgehead atoms. The van der Waals surface area contributed by atoms with Crippen molar-refractivity contribution >= 4 is 43.6 Å². The summed E-state index contributed by atoms with van der Waals surface area (Å²) in [6, 6.07) is 44.6. The van der Waals surface area contributed by atoms with Crippen molar-refractivity contribution in [3.8, 4) is 34.3 Å². The highest BCUT2D eigenvalue weighted by Crippen LogP contribution is 2.47. The van der Waals surface area contributed by atoms with E-state index in [0.717, 1.165) is 56.3 Å². The van der Waals surface area contributed by atoms with Crippen LogP contribution in [-0.2, 0) is 0 Å². The molecule has 4 nitrogen and oxygen atoms in total. The van der Waals surface area contributed by atoms with Gasteiger partial charge in [-0.15, -0.1) is 0 Å². The molecule has 1 aliphatic heterocycles. The Balaban J connectivity index is 1.40. The van der Waals surface area contributed by atoms with Crippen LogP contribution in [-0.4, -0.2) is 14.1 Å². The zero-order valence-corrected chi connectivity index (χ0v) is 20.9. The first-order chi connectivity index (χ1) is 19.4. The average Bonchev–Trinajstić information content (AvgIpc) is 3.55. The van der Waals surface area contributed by atoms with Gasteiger partial charge in [-0.25, -0.2) is 4.98 Å². The largest absolute Gasteiger partial charge is 0.451 e. The summed E-state index contributed by atoms with van der Waals surface area (Å²) in [4.78, 5) is 5.06. The summed E-state index contributed by atoms with van der Waals surface area (Å²) in [6.45, 7) is 0. The third-order valence-corrected chi connectivity index (χ3v) is 7.90. The molecule has 39 heavy (non-hydrogen) atoms. The van der Waals surface area contributed by atoms with Crippen LogP contribution in [0.1, 0.15) is 0 Å². The van der Waals surface area contributed by atoms with E-state index in [1.807, 2.05) is 18.2 Å². The number of fused-ring (bicyclic) bond motifs is 7. The first kappa shape index (κ1) is 20.7. The molecular formula is C35H21N3O. The number of hydrogen-bond acceptors (Lipinski definition) is 2. The second kappa shape index (κ2) is 7.59. The summed E-state index contributed by atoms with van der Waals surface area (Å²) in [6.07, 6.45) is 0. The molecule has 0 atom stereocenters. The minimum Gasteiger partial charge on any atom is -0.451 e. The number of rotatable bonds is 2. The Morgan fingerprint density at radius 3 is 2.18 bits per heavy atom. The van der Waals surface area contributed by atoms with Gasteiger partial charge in [0.1, 0.15) is 11.3 Å². The monoisotopic (exact) mass is 499 g/mol. The molecule has 0 N–H and O–H groups in total. The summed E-state index contributed by atoms with van der Waals surface area (Å²) >= 11 is 0. The Labute approximate surface area is 223 Å². The van der Waals surface area contributed by atoms with Crippen LogP contribution >= 0.6 is 0 Å². The van der Waals surface area contributed by atoms with Crippen LogP contribution in [0.2, 0.25) is 0 Å². The Bertz CT molecular complexity index is 2260. The summed E-state index contributed by atoms with van der Waals surface area (Å²) in [5.41, 5.74) is 7.29. The van der Waals surface area contributed by atoms with E-state index in [0.29, 0.717) is 0 Å². The minimum atomic E-state index is 0.813. The SMILES string of the molecule is c1ccc(-c2nc3cccc4c3n2-c2cccc(-n3c5ccccc5c5c6ccccc6ccc53)c2O4)cc1. The highest BCUT2D eigenvalue weighted by molar-refractivity contribution is 6.21. The number of imidazole rings is 1. The Kier molecular flexibility index (Phi) is 4.02. The molecule has 1 aliphatic rings. The number of ether oxygens (including phenoxy) is 1. The van der Waals surface area contributed by atoms with Gasteiger partial charge in [-0.2, -0.15) is 0 Å². The van der Waals surface area contributed by atoms with E-state index >= 15 is 0 Å². The Morgan fingerprint density at radius 2 is 1.28 bits per heavy atom. The van der Waals surface area contributed by atoms with Crippen LogP contribution in [0.15, 0.2) is 127 Å². The van der Waals surface area contributed by atoms with Gasteiger partial charge in [0.25, 0.3) is 0 Å². The normalized spacial score (nSPS) is 12.3. The van der Waals surface area contributed by atoms with Crippen LogP contribution in [0.5, 0.6) is 11.5 Å². The molecule has 0 saturated heterocycles. The number of hydrogen-bond donors (Lipinski definition) is 0. The van der Waals surface area contributed by atoms with Gasteiger partial charge in [-0.1, -0.05) is 91.0 Å². The summed E-state index contributed by atoms with van der Waals surface area (Å²) < 4.78 is 11.4. The van der Waals surface area contributed by atoms with E-state index in [1.54, 1.807) is 0 Å². The number of aromatic nitrogens is 3. The molecule has 0 spiro atoms. The fraction of sp³-hybridized carbons (Fsp3) is 0. The third-order valence-electron chi connectivity index (χ3n) is 7.90. The van der Waals surface area contributed by atoms with Crippen molar-refractivity contribution in [3.05, 3.63) is 127 Å². The standard InChI is InChI=1S/C35H21N3O/c1-2-11-23(12-3-1)35-36-26-15-8-19-31-33(26)38(35)30-18-9-17-29(34(30)39-31)37-27-16-7-6-14-25(27)32-24-13-5-4-10-22(24)20-21-28(32)37/h1-21H. The van der Waals surface area contributed by atoms with Crippen LogP contribution in [0.3, 0.4) is 0 Å². The van der Waals surface area contributed by atoms with Gasteiger partial charge in [-0.3, -0.25) is 4.57 Å². The van der Waals surface area contributed by atoms with E-state index in [-0.39, 0.29) is 0 Å². The molecular weight excluding hydrogens is 478 g/mol. The Morgan fingerprint density at radius 1 is 0.538 bits per heavy atom. The van der Waals surface area contributed by atoms with Crippen LogP contribution in [0.4, 0.5) is 0 Å². The Hall–Kier alpha value is -5.35. The molecule has 182 valence electrons. The maximum Gasteiger partial charge on any atom is 0.175 e. The summed E-state index contributed by atoms with van der Waals surface area (Å²) in [5.74, 6) is 2.55. The molecule has 3 heterocycles. The highest BCUT2D eigenvalue weighted by Gasteiger charge is 2.28. The van der Waals surface area contributed by atoms with Crippen molar-refractivity contribution < 1.29 is 4.74 Å². The van der Waals surface area contributed by atoms with Gasteiger partial charge in [0.05, 0.1) is 27.9 Å². The number of para-hydroxylation sites is 3. The molecule has 0 amide bonds. The molecule has 8 aromatic rings. The molecule has 0 fully saturated rings. The molecule has 9 rings (SSSR count). The van der Waals surface area contributed by atoms with Crippen molar-refractivity contribution in [2.45, 2.75) is 0 Å². The lowest BCUT2D eigenvalue weighted by Crippen LogP contribution is -2.09. The lowest BCUT2D eigenvalue weighted by Gasteiger charge is -2.24. The second-order valence-electron chi connectivity index (χ2n) is 10.0. The van der Waals surface area contributed by atoms with Gasteiger partial charge < -0.3 is 9.30 Å². The van der Waals surface area contributed by atoms with Crippen molar-refractivity contribution in [3.63, 3.8) is 0 Å². The maximum absolute atomic E-state index is 6.76. The van der Waals surface area contributed by atoms with E-state index < -0.39 is 0 Å². The van der Waals surface area contributed by atoms with Crippen LogP contribution < -0.4 is 4.74 Å². The number of nitrogens with zero attached hydrogens (tertiary/aromatic N) is 3. The van der Waals surface area contributed by atoms with Crippen molar-refractivity contribution in [2.75, 3.05) is 0 Å². The van der Waals surface area contributed by atoms with Crippen molar-refractivity contribution in [2.24, 2.45) is 0 Å². The third kappa shape index (κ3) is 2.75. The number of benzene rings is 6. The average molecular weight is 500 g/mol. The molecule has 2 aromatic heterocycles. The lowest BCUT2D eigenvalue weighted by molar-refractivity contribution is 0.474. The second-order valence-corrected chi connectivity index (χ2v) is 10.0. The van der Waals surface area contributed by atoms with Crippen molar-refractivity contribution in [1.82, 2.24) is 14.1 Å². The van der Waals surface area contributed by atoms with E-state index in [4.69, 9.17) is 9.72 Å². The first-order valence-corrected chi connectivity index (χ1v) is 13.2. The van der Waals surface area contributed by atoms with E-state index in [9.17, 15) is 0 Å². The zero-order valence-electron chi connectivity index (χ0n) is 20.9. The van der Waals surface area contributed by atoms with Gasteiger partial charge in [0.15, 0.2) is 11.5 Å². The summed E-state index contributed by atoms with van der Waals surface area (Å²) in [5, 5.41) is 4.98. The minimum absolute atomic E-state index is 0.813. The maximum atomic E-state index is 6.76. The first-order valence-electron chi connectivity index (χ1n) is 13.2. The summed E-state index contributed by atoms with van der Waals surface area (Å²) in [7, 11) is 0. The smallest absolute Gasteiger partial charge is 0.175 e. The topological polar surface area (TPSA) is 32.0 Å². The van der Waals surface area contributed by atoms with E-state index in [2.05, 4.69) is 118 Å². The van der Waals surface area contributed by atoms with Gasteiger partial charge in [0, 0.05) is 16.3 Å². The predicted octanol–water partition coefficient (Wildman–Crippen LogP) is 9.05.